The van der Waals surface area contributed by atoms with Gasteiger partial charge in [-0.05, 0) is 43.2 Å². The second-order valence-electron chi connectivity index (χ2n) is 7.57. The summed E-state index contributed by atoms with van der Waals surface area (Å²) < 4.78 is 38.5. The van der Waals surface area contributed by atoms with Gasteiger partial charge in [-0.1, -0.05) is 12.8 Å². The molecule has 1 aromatic heterocycles. The summed E-state index contributed by atoms with van der Waals surface area (Å²) in [6, 6.07) is 7.90. The number of fused-ring (bicyclic) bond motifs is 1. The first-order valence-corrected chi connectivity index (χ1v) is 11.8. The van der Waals surface area contributed by atoms with E-state index in [0.717, 1.165) is 25.7 Å². The molecule has 0 spiro atoms. The maximum Gasteiger partial charge on any atom is 0.265 e. The minimum absolute atomic E-state index is 0.0902. The number of nitrogens with one attached hydrogen (secondary N) is 1. The second kappa shape index (κ2) is 9.11. The van der Waals surface area contributed by atoms with Crippen LogP contribution in [0, 0.1) is 0 Å². The number of benzene rings is 1. The zero-order chi connectivity index (χ0) is 21.8. The normalized spacial score (nSPS) is 17.5. The van der Waals surface area contributed by atoms with Crippen molar-refractivity contribution in [2.75, 3.05) is 31.1 Å². The van der Waals surface area contributed by atoms with E-state index >= 15 is 0 Å². The SMILES string of the molecule is O=C(CN1C(=O)COc2ccc(S(=O)(=O)N3CCCCCC3)cc21)NCc1ccco1. The Bertz CT molecular complexity index is 1040. The summed E-state index contributed by atoms with van der Waals surface area (Å²) in [6.07, 6.45) is 5.19. The largest absolute Gasteiger partial charge is 0.482 e. The van der Waals surface area contributed by atoms with E-state index < -0.39 is 21.8 Å². The summed E-state index contributed by atoms with van der Waals surface area (Å²) in [4.78, 5) is 26.2. The Kier molecular flexibility index (Phi) is 6.28. The van der Waals surface area contributed by atoms with Crippen molar-refractivity contribution in [3.05, 3.63) is 42.4 Å². The summed E-state index contributed by atoms with van der Waals surface area (Å²) in [5.41, 5.74) is 0.278. The highest BCUT2D eigenvalue weighted by atomic mass is 32.2. The fourth-order valence-electron chi connectivity index (χ4n) is 3.75. The number of carbonyl (C=O) groups excluding carboxylic acids is 2. The van der Waals surface area contributed by atoms with Crippen LogP contribution in [0.3, 0.4) is 0 Å². The van der Waals surface area contributed by atoms with Crippen molar-refractivity contribution in [3.63, 3.8) is 0 Å². The molecular formula is C21H25N3O6S. The molecule has 10 heteroatoms. The molecule has 0 aliphatic carbocycles. The zero-order valence-corrected chi connectivity index (χ0v) is 17.9. The number of nitrogens with zero attached hydrogens (tertiary/aromatic N) is 2. The molecule has 1 saturated heterocycles. The van der Waals surface area contributed by atoms with Gasteiger partial charge in [0.25, 0.3) is 5.91 Å². The maximum absolute atomic E-state index is 13.2. The standard InChI is InChI=1S/C21H25N3O6S/c25-20(22-13-16-6-5-11-29-16)14-24-18-12-17(7-8-19(18)30-15-21(24)26)31(27,28)23-9-3-1-2-4-10-23/h5-8,11-12H,1-4,9-10,13-15H2,(H,22,25). The van der Waals surface area contributed by atoms with Crippen LogP contribution in [-0.2, 0) is 26.2 Å². The first-order chi connectivity index (χ1) is 14.9. The van der Waals surface area contributed by atoms with Gasteiger partial charge in [-0.2, -0.15) is 4.31 Å². The molecular weight excluding hydrogens is 422 g/mol. The Morgan fingerprint density at radius 1 is 1.10 bits per heavy atom. The monoisotopic (exact) mass is 447 g/mol. The van der Waals surface area contributed by atoms with Crippen LogP contribution >= 0.6 is 0 Å². The Morgan fingerprint density at radius 2 is 1.87 bits per heavy atom. The van der Waals surface area contributed by atoms with Gasteiger partial charge >= 0.3 is 0 Å². The van der Waals surface area contributed by atoms with Crippen molar-refractivity contribution in [2.45, 2.75) is 37.1 Å². The highest BCUT2D eigenvalue weighted by Crippen LogP contribution is 2.35. The highest BCUT2D eigenvalue weighted by molar-refractivity contribution is 7.89. The van der Waals surface area contributed by atoms with Gasteiger partial charge in [0.05, 0.1) is 23.4 Å². The fourth-order valence-corrected chi connectivity index (χ4v) is 5.28. The van der Waals surface area contributed by atoms with Crippen molar-refractivity contribution >= 4 is 27.5 Å². The van der Waals surface area contributed by atoms with Crippen LogP contribution in [-0.4, -0.2) is 50.8 Å². The molecule has 1 aromatic carbocycles. The topological polar surface area (TPSA) is 109 Å². The third kappa shape index (κ3) is 4.75. The molecule has 4 rings (SSSR count). The summed E-state index contributed by atoms with van der Waals surface area (Å²) in [7, 11) is -3.70. The lowest BCUT2D eigenvalue weighted by Crippen LogP contribution is -2.45. The van der Waals surface area contributed by atoms with E-state index in [0.29, 0.717) is 24.6 Å². The van der Waals surface area contributed by atoms with Crippen LogP contribution in [0.15, 0.2) is 45.9 Å². The van der Waals surface area contributed by atoms with Crippen molar-refractivity contribution in [1.29, 1.82) is 0 Å². The molecule has 0 saturated carbocycles. The molecule has 3 heterocycles. The number of hydrogen-bond donors (Lipinski definition) is 1. The van der Waals surface area contributed by atoms with Gasteiger partial charge in [0.1, 0.15) is 18.1 Å². The number of rotatable bonds is 6. The third-order valence-electron chi connectivity index (χ3n) is 5.42. The van der Waals surface area contributed by atoms with Crippen LogP contribution in [0.1, 0.15) is 31.4 Å². The number of amides is 2. The molecule has 0 atom stereocenters. The lowest BCUT2D eigenvalue weighted by Gasteiger charge is -2.29. The van der Waals surface area contributed by atoms with E-state index in [1.54, 1.807) is 18.2 Å². The van der Waals surface area contributed by atoms with Crippen LogP contribution in [0.4, 0.5) is 5.69 Å². The predicted molar refractivity (Wildman–Crippen MR) is 112 cm³/mol. The van der Waals surface area contributed by atoms with Gasteiger partial charge in [0, 0.05) is 13.1 Å². The number of sulfonamides is 1. The summed E-state index contributed by atoms with van der Waals surface area (Å²) in [5.74, 6) is 0.157. The zero-order valence-electron chi connectivity index (χ0n) is 17.1. The maximum atomic E-state index is 13.2. The van der Waals surface area contributed by atoms with E-state index in [-0.39, 0.29) is 30.3 Å². The van der Waals surface area contributed by atoms with Gasteiger partial charge in [-0.25, -0.2) is 8.42 Å². The van der Waals surface area contributed by atoms with Crippen LogP contribution < -0.4 is 15.0 Å². The molecule has 0 unspecified atom stereocenters. The molecule has 0 radical (unpaired) electrons. The molecule has 166 valence electrons. The molecule has 2 amide bonds. The smallest absolute Gasteiger partial charge is 0.265 e. The number of hydrogen-bond acceptors (Lipinski definition) is 6. The van der Waals surface area contributed by atoms with E-state index in [4.69, 9.17) is 9.15 Å². The molecule has 31 heavy (non-hydrogen) atoms. The average Bonchev–Trinajstić information content (AvgIpc) is 3.13. The molecule has 1 N–H and O–H groups in total. The fraction of sp³-hybridized carbons (Fsp3) is 0.429. The van der Waals surface area contributed by atoms with Crippen LogP contribution in [0.25, 0.3) is 0 Å². The van der Waals surface area contributed by atoms with Crippen molar-refractivity contribution in [3.8, 4) is 5.75 Å². The van der Waals surface area contributed by atoms with Gasteiger partial charge in [0.2, 0.25) is 15.9 Å². The summed E-state index contributed by atoms with van der Waals surface area (Å²) in [5, 5.41) is 2.69. The first-order valence-electron chi connectivity index (χ1n) is 10.3. The van der Waals surface area contributed by atoms with Crippen molar-refractivity contribution < 1.29 is 27.2 Å². The van der Waals surface area contributed by atoms with Crippen molar-refractivity contribution in [2.24, 2.45) is 0 Å². The lowest BCUT2D eigenvalue weighted by atomic mass is 10.2. The van der Waals surface area contributed by atoms with E-state index in [9.17, 15) is 18.0 Å². The van der Waals surface area contributed by atoms with E-state index in [2.05, 4.69) is 5.32 Å². The van der Waals surface area contributed by atoms with Crippen molar-refractivity contribution in [1.82, 2.24) is 9.62 Å². The minimum atomic E-state index is -3.70. The third-order valence-corrected chi connectivity index (χ3v) is 7.31. The van der Waals surface area contributed by atoms with Gasteiger partial charge in [-0.15, -0.1) is 0 Å². The molecule has 2 aliphatic rings. The van der Waals surface area contributed by atoms with Gasteiger partial charge in [0.15, 0.2) is 6.61 Å². The van der Waals surface area contributed by atoms with Crippen LogP contribution in [0.5, 0.6) is 5.75 Å². The molecule has 0 bridgehead atoms. The lowest BCUT2D eigenvalue weighted by molar-refractivity contribution is -0.125. The minimum Gasteiger partial charge on any atom is -0.482 e. The molecule has 2 aliphatic heterocycles. The molecule has 1 fully saturated rings. The summed E-state index contributed by atoms with van der Waals surface area (Å²) in [6.45, 7) is 0.696. The average molecular weight is 448 g/mol. The van der Waals surface area contributed by atoms with Crippen LogP contribution in [0.2, 0.25) is 0 Å². The summed E-state index contributed by atoms with van der Waals surface area (Å²) >= 11 is 0. The Labute approximate surface area is 181 Å². The molecule has 9 nitrogen and oxygen atoms in total. The number of anilines is 1. The van der Waals surface area contributed by atoms with E-state index in [1.165, 1.54) is 27.6 Å². The molecule has 2 aromatic rings. The number of carbonyl (C=O) groups is 2. The highest BCUT2D eigenvalue weighted by Gasteiger charge is 2.31. The number of furan rings is 1. The Hall–Kier alpha value is -2.85. The quantitative estimate of drug-likeness (QED) is 0.724. The first kappa shape index (κ1) is 21.4. The Balaban J connectivity index is 1.55. The second-order valence-corrected chi connectivity index (χ2v) is 9.51. The van der Waals surface area contributed by atoms with Gasteiger partial charge in [-0.3, -0.25) is 14.5 Å². The number of ether oxygens (including phenoxy) is 1. The predicted octanol–water partition coefficient (Wildman–Crippen LogP) is 1.89. The van der Waals surface area contributed by atoms with E-state index in [1.807, 2.05) is 0 Å². The van der Waals surface area contributed by atoms with Gasteiger partial charge < -0.3 is 14.5 Å². The Morgan fingerprint density at radius 3 is 2.58 bits per heavy atom.